The van der Waals surface area contributed by atoms with Crippen LogP contribution in [-0.4, -0.2) is 19.1 Å². The van der Waals surface area contributed by atoms with Gasteiger partial charge in [0.1, 0.15) is 0 Å². The van der Waals surface area contributed by atoms with Gasteiger partial charge in [-0.25, -0.2) is 0 Å². The summed E-state index contributed by atoms with van der Waals surface area (Å²) in [6.45, 7) is 4.27. The van der Waals surface area contributed by atoms with Crippen LogP contribution in [0.1, 0.15) is 11.1 Å². The molecule has 0 bridgehead atoms. The van der Waals surface area contributed by atoms with E-state index in [4.69, 9.17) is 9.97 Å². The van der Waals surface area contributed by atoms with Crippen molar-refractivity contribution in [1.29, 1.82) is 0 Å². The normalized spacial score (nSPS) is 11.6. The van der Waals surface area contributed by atoms with Crippen molar-refractivity contribution in [1.82, 2.24) is 19.1 Å². The van der Waals surface area contributed by atoms with E-state index in [1.807, 2.05) is 24.5 Å². The van der Waals surface area contributed by atoms with Crippen LogP contribution < -0.4 is 0 Å². The molecule has 0 atom stereocenters. The summed E-state index contributed by atoms with van der Waals surface area (Å²) in [5.41, 5.74) is 20.2. The molecule has 4 heterocycles. The van der Waals surface area contributed by atoms with Gasteiger partial charge >= 0.3 is 0 Å². The number of aromatic nitrogens is 4. The Kier molecular flexibility index (Phi) is 8.91. The molecule has 12 rings (SSSR count). The van der Waals surface area contributed by atoms with Crippen LogP contribution in [0.3, 0.4) is 0 Å². The fourth-order valence-electron chi connectivity index (χ4n) is 9.78. The van der Waals surface area contributed by atoms with Gasteiger partial charge in [0.15, 0.2) is 0 Å². The van der Waals surface area contributed by atoms with Crippen LogP contribution in [0.5, 0.6) is 0 Å². The number of aryl methyl sites for hydroxylation is 2. The molecule has 0 aliphatic rings. The number of benzene rings is 8. The molecule has 0 radical (unpaired) electrons. The van der Waals surface area contributed by atoms with Crippen molar-refractivity contribution in [3.8, 4) is 67.3 Å². The number of hydrogen-bond donors (Lipinski definition) is 0. The van der Waals surface area contributed by atoms with E-state index < -0.39 is 0 Å². The van der Waals surface area contributed by atoms with Crippen LogP contribution in [-0.2, 0) is 0 Å². The van der Waals surface area contributed by atoms with Gasteiger partial charge in [-0.15, -0.1) is 0 Å². The maximum absolute atomic E-state index is 4.83. The average Bonchev–Trinajstić information content (AvgIpc) is 3.87. The van der Waals surface area contributed by atoms with Gasteiger partial charge in [-0.2, -0.15) is 0 Å². The highest BCUT2D eigenvalue weighted by molar-refractivity contribution is 6.11. The highest BCUT2D eigenvalue weighted by Crippen LogP contribution is 2.41. The molecule has 12 aromatic rings. The van der Waals surface area contributed by atoms with Gasteiger partial charge in [-0.05, 0) is 131 Å². The maximum atomic E-state index is 4.83. The van der Waals surface area contributed by atoms with E-state index >= 15 is 0 Å². The molecular formula is C60H42N4. The highest BCUT2D eigenvalue weighted by Gasteiger charge is 2.19. The van der Waals surface area contributed by atoms with Crippen LogP contribution in [0, 0.1) is 13.8 Å². The van der Waals surface area contributed by atoms with E-state index in [9.17, 15) is 0 Å². The Balaban J connectivity index is 1.14. The topological polar surface area (TPSA) is 35.6 Å². The zero-order valence-electron chi connectivity index (χ0n) is 35.6. The van der Waals surface area contributed by atoms with Crippen molar-refractivity contribution in [2.75, 3.05) is 0 Å². The first kappa shape index (κ1) is 37.4. The molecule has 0 amide bonds. The minimum Gasteiger partial charge on any atom is -0.309 e. The molecule has 0 spiro atoms. The number of pyridine rings is 2. The van der Waals surface area contributed by atoms with Gasteiger partial charge in [0.2, 0.25) is 0 Å². The monoisotopic (exact) mass is 818 g/mol. The second-order valence-corrected chi connectivity index (χ2v) is 16.8. The maximum Gasteiger partial charge on any atom is 0.0731 e. The molecule has 302 valence electrons. The molecule has 0 aliphatic carbocycles. The van der Waals surface area contributed by atoms with E-state index in [1.165, 1.54) is 21.5 Å². The Hall–Kier alpha value is -8.34. The van der Waals surface area contributed by atoms with Crippen molar-refractivity contribution in [2.24, 2.45) is 0 Å². The minimum absolute atomic E-state index is 0.998. The Morgan fingerprint density at radius 1 is 0.281 bits per heavy atom. The lowest BCUT2D eigenvalue weighted by atomic mass is 9.94. The molecule has 0 fully saturated rings. The quantitative estimate of drug-likeness (QED) is 0.161. The van der Waals surface area contributed by atoms with Crippen molar-refractivity contribution in [3.05, 3.63) is 230 Å². The van der Waals surface area contributed by atoms with E-state index in [1.54, 1.807) is 0 Å². The van der Waals surface area contributed by atoms with E-state index in [0.717, 1.165) is 100 Å². The fraction of sp³-hybridized carbons (Fsp3) is 0.0333. The summed E-state index contributed by atoms with van der Waals surface area (Å²) in [7, 11) is 0. The SMILES string of the molecule is Cc1cccnc1-c1ccc2c3ccccc3n(-c3cc(-c4ccccc4)cc(-c4cc(-c5ccccc5)cc(-n5c6ccccc6c6ccc(-c7ncccc7C)cc65)c4)c3)c2c1. The third-order valence-corrected chi connectivity index (χ3v) is 12.8. The number of nitrogens with zero attached hydrogens (tertiary/aromatic N) is 4. The largest absolute Gasteiger partial charge is 0.309 e. The molecule has 0 N–H and O–H groups in total. The molecule has 4 nitrogen and oxygen atoms in total. The second kappa shape index (κ2) is 15.2. The first-order valence-electron chi connectivity index (χ1n) is 21.9. The summed E-state index contributed by atoms with van der Waals surface area (Å²) in [5.74, 6) is 0. The van der Waals surface area contributed by atoms with Crippen LogP contribution >= 0.6 is 0 Å². The minimum atomic E-state index is 0.998. The first-order chi connectivity index (χ1) is 31.6. The van der Waals surface area contributed by atoms with Crippen LogP contribution in [0.25, 0.3) is 111 Å². The molecule has 64 heavy (non-hydrogen) atoms. The lowest BCUT2D eigenvalue weighted by Crippen LogP contribution is -1.98. The molecule has 0 aliphatic heterocycles. The van der Waals surface area contributed by atoms with Gasteiger partial charge in [0.25, 0.3) is 0 Å². The van der Waals surface area contributed by atoms with E-state index in [-0.39, 0.29) is 0 Å². The second-order valence-electron chi connectivity index (χ2n) is 16.8. The van der Waals surface area contributed by atoms with Crippen molar-refractivity contribution in [2.45, 2.75) is 13.8 Å². The lowest BCUT2D eigenvalue weighted by molar-refractivity contribution is 1.17. The van der Waals surface area contributed by atoms with Gasteiger partial charge in [-0.3, -0.25) is 9.97 Å². The van der Waals surface area contributed by atoms with E-state index in [2.05, 4.69) is 217 Å². The zero-order chi connectivity index (χ0) is 42.7. The molecule has 0 saturated carbocycles. The number of hydrogen-bond acceptors (Lipinski definition) is 2. The summed E-state index contributed by atoms with van der Waals surface area (Å²) >= 11 is 0. The summed E-state index contributed by atoms with van der Waals surface area (Å²) in [6, 6.07) is 75.1. The molecule has 4 aromatic heterocycles. The van der Waals surface area contributed by atoms with Crippen molar-refractivity contribution < 1.29 is 0 Å². The first-order valence-corrected chi connectivity index (χ1v) is 21.9. The third kappa shape index (κ3) is 6.30. The fourth-order valence-corrected chi connectivity index (χ4v) is 9.78. The predicted octanol–water partition coefficient (Wildman–Crippen LogP) is 15.6. The third-order valence-electron chi connectivity index (χ3n) is 12.8. The van der Waals surface area contributed by atoms with Crippen molar-refractivity contribution >= 4 is 43.6 Å². The summed E-state index contributed by atoms with van der Waals surface area (Å²) in [5, 5.41) is 4.85. The molecular weight excluding hydrogens is 777 g/mol. The van der Waals surface area contributed by atoms with Crippen LogP contribution in [0.2, 0.25) is 0 Å². The van der Waals surface area contributed by atoms with Gasteiger partial charge in [-0.1, -0.05) is 133 Å². The Bertz CT molecular complexity index is 3500. The molecule has 0 saturated heterocycles. The van der Waals surface area contributed by atoms with Crippen LogP contribution in [0.4, 0.5) is 0 Å². The van der Waals surface area contributed by atoms with Gasteiger partial charge in [0, 0.05) is 56.4 Å². The predicted molar refractivity (Wildman–Crippen MR) is 267 cm³/mol. The zero-order valence-corrected chi connectivity index (χ0v) is 35.6. The van der Waals surface area contributed by atoms with Gasteiger partial charge in [0.05, 0.1) is 33.5 Å². The highest BCUT2D eigenvalue weighted by atomic mass is 15.0. The Morgan fingerprint density at radius 3 is 1.08 bits per heavy atom. The van der Waals surface area contributed by atoms with E-state index in [0.29, 0.717) is 0 Å². The summed E-state index contributed by atoms with van der Waals surface area (Å²) in [6.07, 6.45) is 3.77. The number of fused-ring (bicyclic) bond motifs is 6. The smallest absolute Gasteiger partial charge is 0.0731 e. The lowest BCUT2D eigenvalue weighted by Gasteiger charge is -2.17. The van der Waals surface area contributed by atoms with Crippen molar-refractivity contribution in [3.63, 3.8) is 0 Å². The van der Waals surface area contributed by atoms with Gasteiger partial charge < -0.3 is 9.13 Å². The number of para-hydroxylation sites is 2. The number of rotatable bonds is 7. The standard InChI is InChI=1S/C60H42N4/c1-39-15-13-29-61-59(39)43-25-27-53-51-21-9-11-23-55(51)63(57(53)37-43)49-33-45(41-17-5-3-6-18-41)31-47(35-49)48-32-46(42-19-7-4-8-20-42)34-50(36-48)64-56-24-12-10-22-52(56)54-28-26-44(38-58(54)64)60-40(2)16-14-30-62-60/h3-38H,1-2H3. The molecule has 8 aromatic carbocycles. The molecule has 0 unspecified atom stereocenters. The Morgan fingerprint density at radius 2 is 0.656 bits per heavy atom. The summed E-state index contributed by atoms with van der Waals surface area (Å²) < 4.78 is 4.89. The molecule has 4 heteroatoms. The summed E-state index contributed by atoms with van der Waals surface area (Å²) in [4.78, 5) is 9.66. The average molecular weight is 819 g/mol. The van der Waals surface area contributed by atoms with Crippen LogP contribution in [0.15, 0.2) is 219 Å². The Labute approximate surface area is 372 Å².